The van der Waals surface area contributed by atoms with Gasteiger partial charge in [-0.3, -0.25) is 0 Å². The number of hydrogen-bond donors (Lipinski definition) is 3. The van der Waals surface area contributed by atoms with Crippen LogP contribution in [0, 0.1) is 5.41 Å². The van der Waals surface area contributed by atoms with Crippen LogP contribution in [-0.4, -0.2) is 58.9 Å². The van der Waals surface area contributed by atoms with E-state index in [4.69, 9.17) is 4.74 Å². The molecule has 3 heterocycles. The van der Waals surface area contributed by atoms with E-state index < -0.39 is 26.9 Å². The lowest BCUT2D eigenvalue weighted by atomic mass is 9.85. The first kappa shape index (κ1) is 26.6. The van der Waals surface area contributed by atoms with Gasteiger partial charge in [-0.15, -0.1) is 20.1 Å². The highest BCUT2D eigenvalue weighted by Crippen LogP contribution is 2.39. The van der Waals surface area contributed by atoms with E-state index in [0.29, 0.717) is 0 Å². The molecule has 34 heavy (non-hydrogen) atoms. The van der Waals surface area contributed by atoms with Crippen LogP contribution in [0.15, 0.2) is 30.2 Å². The minimum atomic E-state index is -3.83. The lowest BCUT2D eigenvalue weighted by Gasteiger charge is -2.31. The van der Waals surface area contributed by atoms with Gasteiger partial charge in [0.2, 0.25) is 0 Å². The summed E-state index contributed by atoms with van der Waals surface area (Å²) in [5, 5.41) is 18.4. The highest BCUT2D eigenvalue weighted by Gasteiger charge is 2.34. The third kappa shape index (κ3) is 5.99. The van der Waals surface area contributed by atoms with Crippen molar-refractivity contribution in [3.8, 4) is 5.75 Å². The van der Waals surface area contributed by atoms with Crippen molar-refractivity contribution in [1.82, 2.24) is 9.62 Å². The van der Waals surface area contributed by atoms with Gasteiger partial charge in [-0.2, -0.15) is 4.31 Å². The summed E-state index contributed by atoms with van der Waals surface area (Å²) >= 11 is -0.930. The summed E-state index contributed by atoms with van der Waals surface area (Å²) in [4.78, 5) is 0. The Morgan fingerprint density at radius 1 is 1.29 bits per heavy atom. The summed E-state index contributed by atoms with van der Waals surface area (Å²) in [5.74, 6) is 0.904. The molecule has 0 aromatic carbocycles. The van der Waals surface area contributed by atoms with Crippen LogP contribution in [0.4, 0.5) is 5.69 Å². The van der Waals surface area contributed by atoms with E-state index in [-0.39, 0.29) is 52.2 Å². The number of nitrogens with one attached hydrogen (secondary N) is 2. The summed E-state index contributed by atoms with van der Waals surface area (Å²) < 4.78 is 53.1. The topological polar surface area (TPSA) is 133 Å². The van der Waals surface area contributed by atoms with Crippen molar-refractivity contribution in [2.24, 2.45) is 14.2 Å². The molecule has 0 radical (unpaired) electrons. The summed E-state index contributed by atoms with van der Waals surface area (Å²) in [6.07, 6.45) is 3.42. The Balaban J connectivity index is 1.82. The number of thiophene rings is 1. The number of nitrogens with zero attached hydrogens (tertiary/aromatic N) is 3. The van der Waals surface area contributed by atoms with E-state index in [9.17, 15) is 17.7 Å². The van der Waals surface area contributed by atoms with Crippen molar-refractivity contribution in [3.63, 3.8) is 0 Å². The zero-order valence-electron chi connectivity index (χ0n) is 20.3. The minimum absolute atomic E-state index is 0.0140. The SMILES string of the molecule is CCN(CC)S(=O)(=O)c1scc(NC2=NS(=O)N=C2N[C@H](CC(C)(C)C)C2CC=C(C)O2)c1O. The zero-order chi connectivity index (χ0) is 25.3. The Bertz CT molecular complexity index is 1130. The van der Waals surface area contributed by atoms with Gasteiger partial charge >= 0.3 is 0 Å². The molecule has 0 aliphatic carbocycles. The van der Waals surface area contributed by atoms with Crippen LogP contribution in [0.25, 0.3) is 0 Å². The molecular formula is C21H33N5O5S3. The number of allylic oxidation sites excluding steroid dienone is 1. The van der Waals surface area contributed by atoms with Gasteiger partial charge in [0, 0.05) is 24.9 Å². The second kappa shape index (κ2) is 10.3. The molecule has 3 N–H and O–H groups in total. The summed E-state index contributed by atoms with van der Waals surface area (Å²) in [5.41, 5.74) is 0.143. The third-order valence-corrected chi connectivity index (χ3v) is 9.62. The van der Waals surface area contributed by atoms with Crippen LogP contribution in [0.1, 0.15) is 54.4 Å². The number of aromatic hydroxyl groups is 1. The van der Waals surface area contributed by atoms with Crippen molar-refractivity contribution in [2.75, 3.05) is 18.4 Å². The van der Waals surface area contributed by atoms with Gasteiger partial charge < -0.3 is 20.5 Å². The van der Waals surface area contributed by atoms with Crippen molar-refractivity contribution < 1.29 is 22.5 Å². The molecule has 10 nitrogen and oxygen atoms in total. The fourth-order valence-corrected chi connectivity index (χ4v) is 7.29. The molecule has 2 aliphatic rings. The largest absolute Gasteiger partial charge is 0.504 e. The van der Waals surface area contributed by atoms with Crippen molar-refractivity contribution in [3.05, 3.63) is 17.2 Å². The molecule has 0 bridgehead atoms. The molecule has 13 heteroatoms. The maximum Gasteiger partial charge on any atom is 0.269 e. The van der Waals surface area contributed by atoms with Gasteiger partial charge in [-0.25, -0.2) is 12.6 Å². The van der Waals surface area contributed by atoms with Crippen molar-refractivity contribution >= 4 is 49.9 Å². The van der Waals surface area contributed by atoms with Crippen LogP contribution in [-0.2, 0) is 25.9 Å². The molecule has 3 atom stereocenters. The average molecular weight is 532 g/mol. The van der Waals surface area contributed by atoms with Gasteiger partial charge in [-0.05, 0) is 24.8 Å². The molecule has 0 amide bonds. The van der Waals surface area contributed by atoms with Crippen molar-refractivity contribution in [2.45, 2.75) is 70.7 Å². The van der Waals surface area contributed by atoms with E-state index in [0.717, 1.165) is 29.9 Å². The molecule has 190 valence electrons. The number of ether oxygens (including phenoxy) is 1. The van der Waals surface area contributed by atoms with Gasteiger partial charge in [0.15, 0.2) is 21.6 Å². The Hall–Kier alpha value is -1.96. The number of hydrogen-bond acceptors (Lipinski definition) is 8. The fraction of sp³-hybridized carbons (Fsp3) is 0.619. The van der Waals surface area contributed by atoms with E-state index in [1.807, 2.05) is 13.0 Å². The quantitative estimate of drug-likeness (QED) is 0.468. The molecule has 2 aliphatic heterocycles. The van der Waals surface area contributed by atoms with E-state index in [1.54, 1.807) is 13.8 Å². The molecule has 0 spiro atoms. The summed E-state index contributed by atoms with van der Waals surface area (Å²) in [7, 11) is -3.83. The van der Waals surface area contributed by atoms with E-state index >= 15 is 0 Å². The molecule has 0 saturated heterocycles. The first-order chi connectivity index (χ1) is 15.9. The van der Waals surface area contributed by atoms with Crippen LogP contribution >= 0.6 is 11.3 Å². The van der Waals surface area contributed by atoms with Gasteiger partial charge in [0.25, 0.3) is 21.2 Å². The van der Waals surface area contributed by atoms with Crippen LogP contribution in [0.2, 0.25) is 0 Å². The smallest absolute Gasteiger partial charge is 0.269 e. The predicted molar refractivity (Wildman–Crippen MR) is 137 cm³/mol. The highest BCUT2D eigenvalue weighted by molar-refractivity contribution is 7.91. The summed E-state index contributed by atoms with van der Waals surface area (Å²) in [6, 6.07) is -0.135. The molecule has 0 fully saturated rings. The van der Waals surface area contributed by atoms with Crippen molar-refractivity contribution in [1.29, 1.82) is 0 Å². The Kier molecular flexibility index (Phi) is 8.10. The van der Waals surface area contributed by atoms with E-state index in [2.05, 4.69) is 40.2 Å². The monoisotopic (exact) mass is 531 g/mol. The molecule has 2 unspecified atom stereocenters. The molecule has 1 aromatic heterocycles. The first-order valence-corrected chi connectivity index (χ1v) is 14.5. The van der Waals surface area contributed by atoms with Gasteiger partial charge in [-0.1, -0.05) is 34.6 Å². The second-order valence-electron chi connectivity index (χ2n) is 9.33. The normalized spacial score (nSPS) is 21.7. The number of anilines is 1. The fourth-order valence-electron chi connectivity index (χ4n) is 3.83. The molecule has 1 aromatic rings. The first-order valence-electron chi connectivity index (χ1n) is 11.1. The Morgan fingerprint density at radius 3 is 2.50 bits per heavy atom. The molecule has 0 saturated carbocycles. The maximum atomic E-state index is 12.8. The van der Waals surface area contributed by atoms with Gasteiger partial charge in [0.1, 0.15) is 6.10 Å². The van der Waals surface area contributed by atoms with Crippen LogP contribution in [0.3, 0.4) is 0 Å². The van der Waals surface area contributed by atoms with Gasteiger partial charge in [0.05, 0.1) is 17.5 Å². The minimum Gasteiger partial charge on any atom is -0.504 e. The lowest BCUT2D eigenvalue weighted by molar-refractivity contribution is 0.0951. The standard InChI is InChI=1S/C21H33N5O5S3/c1-7-26(8-2)34(29,30)20-17(27)15(12-32-20)23-19-18(24-33(28)25-19)22-14(11-21(4,5)6)16-10-9-13(3)31-16/h9,12,14,16,27H,7-8,10-11H2,1-6H3,(H,22,24)(H,23,25)/t14-,16?,33?/m1/s1. The average Bonchev–Trinajstić information content (AvgIpc) is 3.41. The number of sulfonamides is 1. The number of amidine groups is 2. The molecular weight excluding hydrogens is 498 g/mol. The third-order valence-electron chi connectivity index (χ3n) is 5.41. The lowest BCUT2D eigenvalue weighted by Crippen LogP contribution is -2.48. The molecule has 3 rings (SSSR count). The number of rotatable bonds is 8. The highest BCUT2D eigenvalue weighted by atomic mass is 32.2. The van der Waals surface area contributed by atoms with Crippen LogP contribution in [0.5, 0.6) is 5.75 Å². The van der Waals surface area contributed by atoms with E-state index in [1.165, 1.54) is 9.69 Å². The Morgan fingerprint density at radius 2 is 1.94 bits per heavy atom. The summed E-state index contributed by atoms with van der Waals surface area (Å²) in [6.45, 7) is 12.3. The van der Waals surface area contributed by atoms with Crippen LogP contribution < -0.4 is 10.6 Å². The predicted octanol–water partition coefficient (Wildman–Crippen LogP) is 3.37. The maximum absolute atomic E-state index is 12.8. The second-order valence-corrected chi connectivity index (χ2v) is 13.2. The zero-order valence-corrected chi connectivity index (χ0v) is 22.7. The Labute approximate surface area is 208 Å².